The van der Waals surface area contributed by atoms with Crippen LogP contribution < -0.4 is 0 Å². The van der Waals surface area contributed by atoms with Gasteiger partial charge in [0.2, 0.25) is 0 Å². The molecule has 0 unspecified atom stereocenters. The molecule has 118 valence electrons. The predicted octanol–water partition coefficient (Wildman–Crippen LogP) is 3.72. The molecular weight excluding hydrogens is 297 g/mol. The van der Waals surface area contributed by atoms with E-state index in [9.17, 15) is 9.18 Å². The topological polar surface area (TPSA) is 47.9 Å². The van der Waals surface area contributed by atoms with Crippen LogP contribution >= 0.6 is 0 Å². The molecule has 2 aromatic carbocycles. The fourth-order valence-electron chi connectivity index (χ4n) is 1.89. The van der Waals surface area contributed by atoms with E-state index in [1.165, 1.54) is 25.3 Å². The number of methoxy groups -OCH3 is 1. The Balaban J connectivity index is 2.11. The summed E-state index contributed by atoms with van der Waals surface area (Å²) in [6.45, 7) is 3.90. The molecule has 4 nitrogen and oxygen atoms in total. The highest BCUT2D eigenvalue weighted by Crippen LogP contribution is 2.10. The van der Waals surface area contributed by atoms with Gasteiger partial charge in [-0.3, -0.25) is 0 Å². The van der Waals surface area contributed by atoms with Gasteiger partial charge in [-0.05, 0) is 35.9 Å². The van der Waals surface area contributed by atoms with Crippen molar-refractivity contribution < 1.29 is 18.8 Å². The Kier molecular flexibility index (Phi) is 5.63. The molecular formula is C18H16FNO3. The number of nitrogens with zero attached hydrogens (tertiary/aromatic N) is 1. The van der Waals surface area contributed by atoms with Gasteiger partial charge in [0.05, 0.1) is 12.7 Å². The number of hydrogen-bond acceptors (Lipinski definition) is 4. The van der Waals surface area contributed by atoms with Crippen molar-refractivity contribution in [3.05, 3.63) is 83.7 Å². The Morgan fingerprint density at radius 1 is 1.22 bits per heavy atom. The number of ether oxygens (including phenoxy) is 1. The number of carbonyl (C=O) groups is 1. The summed E-state index contributed by atoms with van der Waals surface area (Å²) in [5, 5.41) is 4.01. The first-order valence-corrected chi connectivity index (χ1v) is 6.89. The van der Waals surface area contributed by atoms with Crippen LogP contribution in [0.1, 0.15) is 21.5 Å². The van der Waals surface area contributed by atoms with Crippen LogP contribution in [-0.4, -0.2) is 18.8 Å². The van der Waals surface area contributed by atoms with Crippen LogP contribution in [0.2, 0.25) is 0 Å². The largest absolute Gasteiger partial charge is 0.465 e. The lowest BCUT2D eigenvalue weighted by Gasteiger charge is -2.05. The van der Waals surface area contributed by atoms with Gasteiger partial charge in [0.25, 0.3) is 0 Å². The van der Waals surface area contributed by atoms with Crippen molar-refractivity contribution in [2.24, 2.45) is 5.16 Å². The number of halogens is 1. The zero-order valence-electron chi connectivity index (χ0n) is 12.7. The van der Waals surface area contributed by atoms with E-state index in [2.05, 4.69) is 16.5 Å². The first-order chi connectivity index (χ1) is 11.1. The zero-order valence-corrected chi connectivity index (χ0v) is 12.7. The molecule has 0 fully saturated rings. The van der Waals surface area contributed by atoms with Crippen LogP contribution in [0.4, 0.5) is 4.39 Å². The average molecular weight is 313 g/mol. The Morgan fingerprint density at radius 2 is 1.91 bits per heavy atom. The minimum absolute atomic E-state index is 0.203. The normalized spacial score (nSPS) is 11.0. The van der Waals surface area contributed by atoms with Gasteiger partial charge in [-0.1, -0.05) is 36.0 Å². The van der Waals surface area contributed by atoms with E-state index < -0.39 is 5.97 Å². The molecule has 2 aromatic rings. The fraction of sp³-hybridized carbons (Fsp3) is 0.111. The van der Waals surface area contributed by atoms with Crippen molar-refractivity contribution in [2.45, 2.75) is 6.61 Å². The van der Waals surface area contributed by atoms with Crippen LogP contribution in [0.25, 0.3) is 0 Å². The molecule has 0 aliphatic rings. The molecule has 0 atom stereocenters. The number of allylic oxidation sites excluding steroid dienone is 1. The third-order valence-corrected chi connectivity index (χ3v) is 3.08. The van der Waals surface area contributed by atoms with E-state index >= 15 is 0 Å². The summed E-state index contributed by atoms with van der Waals surface area (Å²) in [6, 6.07) is 12.8. The maximum absolute atomic E-state index is 12.8. The molecule has 0 aliphatic heterocycles. The van der Waals surface area contributed by atoms with Crippen LogP contribution in [0.3, 0.4) is 0 Å². The maximum Gasteiger partial charge on any atom is 0.337 e. The molecule has 0 amide bonds. The Hall–Kier alpha value is -2.95. The third-order valence-electron chi connectivity index (χ3n) is 3.08. The zero-order chi connectivity index (χ0) is 16.7. The van der Waals surface area contributed by atoms with Crippen LogP contribution in [0, 0.1) is 5.82 Å². The third kappa shape index (κ3) is 4.51. The second kappa shape index (κ2) is 7.89. The molecule has 0 heterocycles. The quantitative estimate of drug-likeness (QED) is 0.464. The summed E-state index contributed by atoms with van der Waals surface area (Å²) < 4.78 is 17.5. The Bertz CT molecular complexity index is 723. The van der Waals surface area contributed by atoms with Gasteiger partial charge in [0.1, 0.15) is 18.1 Å². The van der Waals surface area contributed by atoms with Crippen LogP contribution in [0.5, 0.6) is 0 Å². The van der Waals surface area contributed by atoms with E-state index in [1.807, 2.05) is 0 Å². The van der Waals surface area contributed by atoms with E-state index in [1.54, 1.807) is 36.4 Å². The van der Waals surface area contributed by atoms with Gasteiger partial charge in [0.15, 0.2) is 0 Å². The van der Waals surface area contributed by atoms with Crippen molar-refractivity contribution in [3.8, 4) is 0 Å². The van der Waals surface area contributed by atoms with Gasteiger partial charge in [0, 0.05) is 5.56 Å². The maximum atomic E-state index is 12.8. The minimum Gasteiger partial charge on any atom is -0.465 e. The number of hydrogen-bond donors (Lipinski definition) is 0. The van der Waals surface area contributed by atoms with E-state index in [0.29, 0.717) is 16.8 Å². The lowest BCUT2D eigenvalue weighted by Crippen LogP contribution is -2.04. The fourth-order valence-corrected chi connectivity index (χ4v) is 1.89. The number of carbonyl (C=O) groups excluding carboxylic acids is 1. The first-order valence-electron chi connectivity index (χ1n) is 6.89. The van der Waals surface area contributed by atoms with E-state index in [-0.39, 0.29) is 12.4 Å². The van der Waals surface area contributed by atoms with Crippen molar-refractivity contribution >= 4 is 11.7 Å². The van der Waals surface area contributed by atoms with Crippen molar-refractivity contribution in [3.63, 3.8) is 0 Å². The number of esters is 1. The summed E-state index contributed by atoms with van der Waals surface area (Å²) in [7, 11) is 1.32. The summed E-state index contributed by atoms with van der Waals surface area (Å²) in [4.78, 5) is 16.8. The number of oxime groups is 1. The lowest BCUT2D eigenvalue weighted by molar-refractivity contribution is 0.0600. The minimum atomic E-state index is -0.428. The highest BCUT2D eigenvalue weighted by molar-refractivity contribution is 6.09. The predicted molar refractivity (Wildman–Crippen MR) is 85.7 cm³/mol. The Morgan fingerprint density at radius 3 is 2.57 bits per heavy atom. The standard InChI is InChI=1S/C18H16FNO3/c1-3-17(14-5-4-6-15(11-14)18(21)22-2)20-23-12-13-7-9-16(19)10-8-13/h3-11H,1,12H2,2H3/b20-17+. The molecule has 5 heteroatoms. The average Bonchev–Trinajstić information content (AvgIpc) is 2.59. The lowest BCUT2D eigenvalue weighted by atomic mass is 10.1. The van der Waals surface area contributed by atoms with Crippen LogP contribution in [-0.2, 0) is 16.2 Å². The van der Waals surface area contributed by atoms with Gasteiger partial charge in [-0.2, -0.15) is 0 Å². The Labute approximate surface area is 133 Å². The summed E-state index contributed by atoms with van der Waals surface area (Å²) in [5.74, 6) is -0.730. The van der Waals surface area contributed by atoms with Gasteiger partial charge in [-0.15, -0.1) is 0 Å². The smallest absolute Gasteiger partial charge is 0.337 e. The molecule has 2 rings (SSSR count). The second-order valence-electron chi connectivity index (χ2n) is 4.65. The molecule has 0 N–H and O–H groups in total. The van der Waals surface area contributed by atoms with Crippen molar-refractivity contribution in [2.75, 3.05) is 7.11 Å². The molecule has 0 saturated carbocycles. The van der Waals surface area contributed by atoms with Crippen LogP contribution in [0.15, 0.2) is 66.3 Å². The SMILES string of the molecule is C=C/C(=N\OCc1ccc(F)cc1)c1cccc(C(=O)OC)c1. The number of rotatable bonds is 6. The van der Waals surface area contributed by atoms with Gasteiger partial charge >= 0.3 is 5.97 Å². The highest BCUT2D eigenvalue weighted by atomic mass is 19.1. The molecule has 0 aliphatic carbocycles. The highest BCUT2D eigenvalue weighted by Gasteiger charge is 2.08. The first kappa shape index (κ1) is 16.4. The molecule has 0 aromatic heterocycles. The summed E-state index contributed by atoms with van der Waals surface area (Å²) in [5.41, 5.74) is 2.37. The van der Waals surface area contributed by atoms with E-state index in [4.69, 9.17) is 4.84 Å². The molecule has 0 spiro atoms. The molecule has 23 heavy (non-hydrogen) atoms. The summed E-state index contributed by atoms with van der Waals surface area (Å²) in [6.07, 6.45) is 1.53. The second-order valence-corrected chi connectivity index (χ2v) is 4.65. The van der Waals surface area contributed by atoms with Crippen molar-refractivity contribution in [1.82, 2.24) is 0 Å². The summed E-state index contributed by atoms with van der Waals surface area (Å²) >= 11 is 0. The van der Waals surface area contributed by atoms with E-state index in [0.717, 1.165) is 5.56 Å². The van der Waals surface area contributed by atoms with Gasteiger partial charge < -0.3 is 9.57 Å². The monoisotopic (exact) mass is 313 g/mol. The number of benzene rings is 2. The molecule has 0 radical (unpaired) electrons. The molecule has 0 bridgehead atoms. The van der Waals surface area contributed by atoms with Gasteiger partial charge in [-0.25, -0.2) is 9.18 Å². The molecule has 0 saturated heterocycles. The van der Waals surface area contributed by atoms with Crippen molar-refractivity contribution in [1.29, 1.82) is 0 Å².